The first-order valence-electron chi connectivity index (χ1n) is 10.9. The Balaban J connectivity index is 1.26. The second-order valence-electron chi connectivity index (χ2n) is 8.59. The van der Waals surface area contributed by atoms with Crippen LogP contribution < -0.4 is 9.64 Å². The third kappa shape index (κ3) is 4.39. The van der Waals surface area contributed by atoms with E-state index >= 15 is 0 Å². The predicted molar refractivity (Wildman–Crippen MR) is 110 cm³/mol. The number of carbonyl (C=O) groups is 2. The molecule has 4 unspecified atom stereocenters. The van der Waals surface area contributed by atoms with Crippen molar-refractivity contribution in [3.8, 4) is 5.75 Å². The highest BCUT2D eigenvalue weighted by Crippen LogP contribution is 2.39. The summed E-state index contributed by atoms with van der Waals surface area (Å²) in [6.07, 6.45) is -2.00. The van der Waals surface area contributed by atoms with Gasteiger partial charge in [0.05, 0.1) is 30.7 Å². The highest BCUT2D eigenvalue weighted by atomic mass is 19.1. The molecule has 3 fully saturated rings. The van der Waals surface area contributed by atoms with E-state index in [-0.39, 0.29) is 30.5 Å². The highest BCUT2D eigenvalue weighted by molar-refractivity contribution is 6.05. The average molecular weight is 437 g/mol. The van der Waals surface area contributed by atoms with Crippen LogP contribution in [-0.2, 0) is 9.59 Å². The van der Waals surface area contributed by atoms with Gasteiger partial charge in [-0.3, -0.25) is 19.4 Å². The van der Waals surface area contributed by atoms with Crippen LogP contribution in [-0.4, -0.2) is 85.4 Å². The highest BCUT2D eigenvalue weighted by Gasteiger charge is 2.52. The molecule has 1 saturated carbocycles. The minimum atomic E-state index is -1.44. The van der Waals surface area contributed by atoms with Gasteiger partial charge in [0.15, 0.2) is 0 Å². The molecule has 7 nitrogen and oxygen atoms in total. The van der Waals surface area contributed by atoms with E-state index in [1.807, 2.05) is 0 Å². The lowest BCUT2D eigenvalue weighted by Gasteiger charge is -2.36. The molecular weight excluding hydrogens is 408 g/mol. The third-order valence-corrected chi connectivity index (χ3v) is 6.75. The number of methoxy groups -OCH3 is 1. The molecule has 0 aromatic heterocycles. The van der Waals surface area contributed by atoms with Crippen LogP contribution in [0.2, 0.25) is 0 Å². The molecule has 1 N–H and O–H groups in total. The Labute approximate surface area is 180 Å². The normalized spacial score (nSPS) is 29.4. The lowest BCUT2D eigenvalue weighted by Crippen LogP contribution is -2.47. The van der Waals surface area contributed by atoms with E-state index in [4.69, 9.17) is 4.74 Å². The summed E-state index contributed by atoms with van der Waals surface area (Å²) >= 11 is 0. The number of hydrogen-bond acceptors (Lipinski definition) is 6. The van der Waals surface area contributed by atoms with Crippen LogP contribution in [0.25, 0.3) is 0 Å². The van der Waals surface area contributed by atoms with E-state index in [1.54, 1.807) is 13.2 Å². The number of likely N-dealkylation sites (tertiary alicyclic amines) is 1. The molecule has 3 aliphatic rings. The average Bonchev–Trinajstić information content (AvgIpc) is 2.99. The van der Waals surface area contributed by atoms with E-state index in [0.717, 1.165) is 38.4 Å². The SMILES string of the molecule is COc1ccc(F)cc1N1CCN(CCCN2C(=O)C3CC(O)C(F)CC3C2=O)CC1. The zero-order chi connectivity index (χ0) is 22.1. The maximum absolute atomic E-state index is 13.8. The molecule has 0 bridgehead atoms. The number of hydrogen-bond donors (Lipinski definition) is 1. The van der Waals surface area contributed by atoms with Crippen LogP contribution in [0.4, 0.5) is 14.5 Å². The first-order valence-corrected chi connectivity index (χ1v) is 10.9. The summed E-state index contributed by atoms with van der Waals surface area (Å²) in [5.41, 5.74) is 0.742. The Kier molecular flexibility index (Phi) is 6.43. The number of halogens is 2. The van der Waals surface area contributed by atoms with E-state index in [9.17, 15) is 23.5 Å². The monoisotopic (exact) mass is 437 g/mol. The predicted octanol–water partition coefficient (Wildman–Crippen LogP) is 1.44. The number of imide groups is 1. The van der Waals surface area contributed by atoms with Gasteiger partial charge in [0.2, 0.25) is 11.8 Å². The van der Waals surface area contributed by atoms with Crippen LogP contribution in [0.15, 0.2) is 18.2 Å². The third-order valence-electron chi connectivity index (χ3n) is 6.75. The fraction of sp³-hybridized carbons (Fsp3) is 0.636. The summed E-state index contributed by atoms with van der Waals surface area (Å²) in [5.74, 6) is -1.44. The molecule has 2 aliphatic heterocycles. The van der Waals surface area contributed by atoms with Crippen LogP contribution in [0.1, 0.15) is 19.3 Å². The molecular formula is C22H29F2N3O4. The quantitative estimate of drug-likeness (QED) is 0.679. The number of carbonyl (C=O) groups excluding carboxylic acids is 2. The lowest BCUT2D eigenvalue weighted by molar-refractivity contribution is -0.140. The molecule has 0 spiro atoms. The van der Waals surface area contributed by atoms with Crippen molar-refractivity contribution in [2.45, 2.75) is 31.5 Å². The van der Waals surface area contributed by atoms with Crippen molar-refractivity contribution in [1.29, 1.82) is 0 Å². The van der Waals surface area contributed by atoms with Gasteiger partial charge >= 0.3 is 0 Å². The number of alkyl halides is 1. The Bertz CT molecular complexity index is 803. The number of ether oxygens (including phenoxy) is 1. The fourth-order valence-electron chi connectivity index (χ4n) is 4.99. The van der Waals surface area contributed by atoms with Crippen LogP contribution in [0.5, 0.6) is 5.75 Å². The number of piperazine rings is 1. The molecule has 170 valence electrons. The minimum Gasteiger partial charge on any atom is -0.495 e. The van der Waals surface area contributed by atoms with Gasteiger partial charge in [-0.15, -0.1) is 0 Å². The van der Waals surface area contributed by atoms with Crippen LogP contribution >= 0.6 is 0 Å². The van der Waals surface area contributed by atoms with Gasteiger partial charge in [-0.1, -0.05) is 0 Å². The number of anilines is 1. The largest absolute Gasteiger partial charge is 0.495 e. The first-order chi connectivity index (χ1) is 14.9. The maximum atomic E-state index is 13.8. The minimum absolute atomic E-state index is 0.0262. The zero-order valence-corrected chi connectivity index (χ0v) is 17.7. The first kappa shape index (κ1) is 22.0. The Hall–Kier alpha value is -2.26. The number of aliphatic hydroxyl groups excluding tert-OH is 1. The number of amides is 2. The lowest BCUT2D eigenvalue weighted by atomic mass is 9.78. The van der Waals surface area contributed by atoms with E-state index in [1.165, 1.54) is 17.0 Å². The van der Waals surface area contributed by atoms with Crippen LogP contribution in [0, 0.1) is 17.7 Å². The summed E-state index contributed by atoms with van der Waals surface area (Å²) in [6, 6.07) is 4.49. The van der Waals surface area contributed by atoms with Crippen molar-refractivity contribution in [2.24, 2.45) is 11.8 Å². The summed E-state index contributed by atoms with van der Waals surface area (Å²) < 4.78 is 32.8. The van der Waals surface area contributed by atoms with Gasteiger partial charge in [-0.05, 0) is 37.9 Å². The fourth-order valence-corrected chi connectivity index (χ4v) is 4.99. The Morgan fingerprint density at radius 1 is 1.06 bits per heavy atom. The summed E-state index contributed by atoms with van der Waals surface area (Å²) in [5, 5.41) is 9.72. The molecule has 2 saturated heterocycles. The van der Waals surface area contributed by atoms with Crippen molar-refractivity contribution in [1.82, 2.24) is 9.80 Å². The van der Waals surface area contributed by atoms with Crippen molar-refractivity contribution >= 4 is 17.5 Å². The van der Waals surface area contributed by atoms with E-state index in [2.05, 4.69) is 9.80 Å². The Morgan fingerprint density at radius 2 is 1.74 bits per heavy atom. The molecule has 2 amide bonds. The molecule has 1 aromatic rings. The smallest absolute Gasteiger partial charge is 0.233 e. The summed E-state index contributed by atoms with van der Waals surface area (Å²) in [4.78, 5) is 30.7. The van der Waals surface area contributed by atoms with Gasteiger partial charge in [0.25, 0.3) is 0 Å². The summed E-state index contributed by atoms with van der Waals surface area (Å²) in [7, 11) is 1.57. The van der Waals surface area contributed by atoms with E-state index < -0.39 is 24.1 Å². The number of benzene rings is 1. The second kappa shape index (κ2) is 9.08. The van der Waals surface area contributed by atoms with Gasteiger partial charge in [0.1, 0.15) is 17.7 Å². The maximum Gasteiger partial charge on any atom is 0.233 e. The van der Waals surface area contributed by atoms with Crippen LogP contribution in [0.3, 0.4) is 0 Å². The molecule has 0 radical (unpaired) electrons. The second-order valence-corrected chi connectivity index (χ2v) is 8.59. The number of aliphatic hydroxyl groups is 1. The molecule has 1 aliphatic carbocycles. The van der Waals surface area contributed by atoms with Gasteiger partial charge in [0, 0.05) is 38.8 Å². The number of nitrogens with zero attached hydrogens (tertiary/aromatic N) is 3. The molecule has 31 heavy (non-hydrogen) atoms. The molecule has 4 rings (SSSR count). The van der Waals surface area contributed by atoms with Gasteiger partial charge in [-0.2, -0.15) is 0 Å². The molecule has 9 heteroatoms. The van der Waals surface area contributed by atoms with Gasteiger partial charge in [-0.25, -0.2) is 8.78 Å². The topological polar surface area (TPSA) is 73.3 Å². The zero-order valence-electron chi connectivity index (χ0n) is 17.7. The number of rotatable bonds is 6. The standard InChI is InChI=1S/C22H29F2N3O4/c1-31-20-4-3-14(23)11-18(20)26-9-7-25(8-10-26)5-2-6-27-21(29)15-12-17(24)19(28)13-16(15)22(27)30/h3-4,11,15-17,19,28H,2,5-10,12-13H2,1H3. The van der Waals surface area contributed by atoms with Crippen molar-refractivity contribution in [3.05, 3.63) is 24.0 Å². The number of fused-ring (bicyclic) bond motifs is 1. The summed E-state index contributed by atoms with van der Waals surface area (Å²) in [6.45, 7) is 4.05. The van der Waals surface area contributed by atoms with Gasteiger partial charge < -0.3 is 14.7 Å². The molecule has 2 heterocycles. The molecule has 1 aromatic carbocycles. The Morgan fingerprint density at radius 3 is 2.42 bits per heavy atom. The molecule has 4 atom stereocenters. The van der Waals surface area contributed by atoms with Crippen molar-refractivity contribution < 1.29 is 28.2 Å². The van der Waals surface area contributed by atoms with Crippen molar-refractivity contribution in [2.75, 3.05) is 51.3 Å². The van der Waals surface area contributed by atoms with Crippen molar-refractivity contribution in [3.63, 3.8) is 0 Å². The van der Waals surface area contributed by atoms with E-state index in [0.29, 0.717) is 18.7 Å².